The fourth-order valence-corrected chi connectivity index (χ4v) is 4.01. The number of ketones is 1. The van der Waals surface area contributed by atoms with Crippen molar-refractivity contribution >= 4 is 39.1 Å². The van der Waals surface area contributed by atoms with Gasteiger partial charge in [-0.25, -0.2) is 4.79 Å². The summed E-state index contributed by atoms with van der Waals surface area (Å²) in [6.07, 6.45) is 0.532. The van der Waals surface area contributed by atoms with Crippen LogP contribution in [-0.2, 0) is 10.3 Å². The molecule has 128 valence electrons. The van der Waals surface area contributed by atoms with Crippen LogP contribution in [0.25, 0.3) is 0 Å². The molecule has 1 saturated heterocycles. The van der Waals surface area contributed by atoms with Gasteiger partial charge >= 0.3 is 6.09 Å². The third kappa shape index (κ3) is 4.55. The Labute approximate surface area is 148 Å². The van der Waals surface area contributed by atoms with Crippen molar-refractivity contribution in [1.29, 1.82) is 0 Å². The van der Waals surface area contributed by atoms with Gasteiger partial charge in [-0.1, -0.05) is 15.9 Å². The summed E-state index contributed by atoms with van der Waals surface area (Å²) in [7, 11) is 0. The molecule has 0 aliphatic carbocycles. The Kier molecular flexibility index (Phi) is 5.53. The monoisotopic (exact) mass is 403 g/mol. The zero-order chi connectivity index (χ0) is 17.3. The highest BCUT2D eigenvalue weighted by molar-refractivity contribution is 9.09. The zero-order valence-corrected chi connectivity index (χ0v) is 16.0. The average Bonchev–Trinajstić information content (AvgIpc) is 2.96. The standard InChI is InChI=1S/C16H22BrNO4S/c1-15(2,3)22-14(20)18-8-6-16(21,7-9-18)13-5-4-12(23-13)11(19)10-17/h4-5,21H,6-10H2,1-3H3. The van der Waals surface area contributed by atoms with E-state index in [2.05, 4.69) is 15.9 Å². The molecule has 0 aromatic carbocycles. The van der Waals surface area contributed by atoms with Crippen LogP contribution < -0.4 is 0 Å². The Morgan fingerprint density at radius 1 is 1.35 bits per heavy atom. The first-order chi connectivity index (χ1) is 10.6. The molecule has 0 unspecified atom stereocenters. The van der Waals surface area contributed by atoms with E-state index in [1.165, 1.54) is 11.3 Å². The van der Waals surface area contributed by atoms with Crippen molar-refractivity contribution in [2.24, 2.45) is 0 Å². The maximum absolute atomic E-state index is 12.1. The van der Waals surface area contributed by atoms with Crippen molar-refractivity contribution in [3.8, 4) is 0 Å². The summed E-state index contributed by atoms with van der Waals surface area (Å²) in [5.74, 6) is 0.0102. The lowest BCUT2D eigenvalue weighted by atomic mass is 9.90. The fourth-order valence-electron chi connectivity index (χ4n) is 2.44. The summed E-state index contributed by atoms with van der Waals surface area (Å²) in [6.45, 7) is 6.37. The first-order valence-corrected chi connectivity index (χ1v) is 9.48. The van der Waals surface area contributed by atoms with Crippen LogP contribution in [0.4, 0.5) is 4.79 Å². The molecule has 1 aromatic heterocycles. The van der Waals surface area contributed by atoms with Crippen molar-refractivity contribution < 1.29 is 19.4 Å². The Morgan fingerprint density at radius 2 is 1.96 bits per heavy atom. The lowest BCUT2D eigenvalue weighted by Crippen LogP contribution is -2.46. The molecule has 1 fully saturated rings. The van der Waals surface area contributed by atoms with Crippen molar-refractivity contribution in [2.75, 3.05) is 18.4 Å². The number of hydrogen-bond donors (Lipinski definition) is 1. The molecule has 2 rings (SSSR count). The number of aliphatic hydroxyl groups is 1. The summed E-state index contributed by atoms with van der Waals surface area (Å²) < 4.78 is 5.36. The van der Waals surface area contributed by atoms with Crippen molar-refractivity contribution in [3.63, 3.8) is 0 Å². The minimum Gasteiger partial charge on any atom is -0.444 e. The van der Waals surface area contributed by atoms with E-state index in [4.69, 9.17) is 4.74 Å². The molecule has 0 bridgehead atoms. The normalized spacial score (nSPS) is 17.9. The first kappa shape index (κ1) is 18.4. The van der Waals surface area contributed by atoms with Gasteiger partial charge in [-0.3, -0.25) is 4.79 Å². The zero-order valence-electron chi connectivity index (χ0n) is 13.6. The number of alkyl halides is 1. The van der Waals surface area contributed by atoms with Crippen LogP contribution in [0.15, 0.2) is 12.1 Å². The largest absolute Gasteiger partial charge is 0.444 e. The second-order valence-electron chi connectivity index (χ2n) is 6.72. The number of nitrogens with zero attached hydrogens (tertiary/aromatic N) is 1. The number of carbonyl (C=O) groups excluding carboxylic acids is 2. The number of likely N-dealkylation sites (tertiary alicyclic amines) is 1. The number of amides is 1. The molecule has 0 atom stereocenters. The van der Waals surface area contributed by atoms with Crippen LogP contribution in [0, 0.1) is 0 Å². The molecule has 1 amide bonds. The quantitative estimate of drug-likeness (QED) is 0.618. The minimum absolute atomic E-state index is 0.0102. The lowest BCUT2D eigenvalue weighted by molar-refractivity contribution is -0.0335. The molecule has 0 radical (unpaired) electrons. The molecular formula is C16H22BrNO4S. The molecule has 23 heavy (non-hydrogen) atoms. The summed E-state index contributed by atoms with van der Waals surface area (Å²) in [5.41, 5.74) is -1.50. The highest BCUT2D eigenvalue weighted by Crippen LogP contribution is 2.37. The predicted molar refractivity (Wildman–Crippen MR) is 93.4 cm³/mol. The average molecular weight is 404 g/mol. The van der Waals surface area contributed by atoms with E-state index in [9.17, 15) is 14.7 Å². The number of piperidine rings is 1. The highest BCUT2D eigenvalue weighted by Gasteiger charge is 2.38. The van der Waals surface area contributed by atoms with E-state index < -0.39 is 11.2 Å². The van der Waals surface area contributed by atoms with Crippen LogP contribution >= 0.6 is 27.3 Å². The van der Waals surface area contributed by atoms with Gasteiger partial charge in [0.05, 0.1) is 10.2 Å². The van der Waals surface area contributed by atoms with Crippen molar-refractivity contribution in [1.82, 2.24) is 4.90 Å². The molecule has 0 saturated carbocycles. The molecular weight excluding hydrogens is 382 g/mol. The number of thiophene rings is 1. The van der Waals surface area contributed by atoms with Crippen LogP contribution in [0.3, 0.4) is 0 Å². The number of halogens is 1. The fraction of sp³-hybridized carbons (Fsp3) is 0.625. The van der Waals surface area contributed by atoms with Crippen molar-refractivity contribution in [2.45, 2.75) is 44.8 Å². The Hall–Kier alpha value is -0.920. The van der Waals surface area contributed by atoms with Gasteiger partial charge in [0.25, 0.3) is 0 Å². The number of hydrogen-bond acceptors (Lipinski definition) is 5. The molecule has 1 aromatic rings. The molecule has 5 nitrogen and oxygen atoms in total. The smallest absolute Gasteiger partial charge is 0.410 e. The maximum atomic E-state index is 12.1. The van der Waals surface area contributed by atoms with Crippen LogP contribution in [0.1, 0.15) is 48.2 Å². The summed E-state index contributed by atoms with van der Waals surface area (Å²) in [5, 5.41) is 11.1. The maximum Gasteiger partial charge on any atom is 0.410 e. The van der Waals surface area contributed by atoms with Gasteiger partial charge < -0.3 is 14.7 Å². The molecule has 1 N–H and O–H groups in total. The van der Waals surface area contributed by atoms with Crippen molar-refractivity contribution in [3.05, 3.63) is 21.9 Å². The Morgan fingerprint density at radius 3 is 2.48 bits per heavy atom. The second-order valence-corrected chi connectivity index (χ2v) is 8.36. The predicted octanol–water partition coefficient (Wildman–Crippen LogP) is 3.54. The van der Waals surface area contributed by atoms with Gasteiger partial charge in [0.15, 0.2) is 5.78 Å². The van der Waals surface area contributed by atoms with Gasteiger partial charge in [0.1, 0.15) is 11.2 Å². The Bertz CT molecular complexity index is 585. The van der Waals surface area contributed by atoms with Gasteiger partial charge in [-0.2, -0.15) is 0 Å². The van der Waals surface area contributed by atoms with Gasteiger partial charge in [-0.05, 0) is 45.7 Å². The van der Waals surface area contributed by atoms with Crippen LogP contribution in [0.2, 0.25) is 0 Å². The lowest BCUT2D eigenvalue weighted by Gasteiger charge is -2.38. The SMILES string of the molecule is CC(C)(C)OC(=O)N1CCC(O)(c2ccc(C(=O)CBr)s2)CC1. The third-order valence-corrected chi connectivity index (χ3v) is 5.53. The topological polar surface area (TPSA) is 66.8 Å². The van der Waals surface area contributed by atoms with Gasteiger partial charge in [0, 0.05) is 18.0 Å². The van der Waals surface area contributed by atoms with Gasteiger partial charge in [-0.15, -0.1) is 11.3 Å². The minimum atomic E-state index is -0.978. The van der Waals surface area contributed by atoms with E-state index in [0.717, 1.165) is 4.88 Å². The molecule has 1 aliphatic heterocycles. The summed E-state index contributed by atoms with van der Waals surface area (Å²) >= 11 is 4.48. The molecule has 2 heterocycles. The van der Waals surface area contributed by atoms with E-state index in [1.54, 1.807) is 11.0 Å². The molecule has 0 spiro atoms. The first-order valence-electron chi connectivity index (χ1n) is 7.54. The third-order valence-electron chi connectivity index (χ3n) is 3.70. The number of Topliss-reactive ketones (excluding diaryl/α,β-unsaturated/α-hetero) is 1. The Balaban J connectivity index is 2.01. The van der Waals surface area contributed by atoms with E-state index in [-0.39, 0.29) is 17.2 Å². The van der Waals surface area contributed by atoms with E-state index >= 15 is 0 Å². The van der Waals surface area contributed by atoms with Crippen LogP contribution in [-0.4, -0.2) is 45.9 Å². The number of rotatable bonds is 3. The second kappa shape index (κ2) is 6.91. The number of ether oxygens (including phenoxy) is 1. The molecule has 1 aliphatic rings. The molecule has 7 heteroatoms. The van der Waals surface area contributed by atoms with E-state index in [1.807, 2.05) is 26.8 Å². The summed E-state index contributed by atoms with van der Waals surface area (Å²) in [6, 6.07) is 3.56. The number of carbonyl (C=O) groups is 2. The summed E-state index contributed by atoms with van der Waals surface area (Å²) in [4.78, 5) is 26.8. The van der Waals surface area contributed by atoms with E-state index in [0.29, 0.717) is 30.8 Å². The van der Waals surface area contributed by atoms with Crippen LogP contribution in [0.5, 0.6) is 0 Å². The highest BCUT2D eigenvalue weighted by atomic mass is 79.9. The van der Waals surface area contributed by atoms with Gasteiger partial charge in [0.2, 0.25) is 0 Å².